The van der Waals surface area contributed by atoms with Crippen LogP contribution in [0.15, 0.2) is 12.1 Å². The average molecular weight is 246 g/mol. The molecule has 1 aromatic rings. The summed E-state index contributed by atoms with van der Waals surface area (Å²) in [4.78, 5) is 0. The van der Waals surface area contributed by atoms with Crippen LogP contribution in [0.5, 0.6) is 0 Å². The van der Waals surface area contributed by atoms with E-state index in [-0.39, 0.29) is 5.02 Å². The van der Waals surface area contributed by atoms with E-state index in [1.165, 1.54) is 12.1 Å². The molecule has 0 radical (unpaired) electrons. The Bertz CT molecular complexity index is 471. The summed E-state index contributed by atoms with van der Waals surface area (Å²) in [7, 11) is 0. The Balaban J connectivity index is 2.48. The molecule has 0 bridgehead atoms. The fourth-order valence-electron chi connectivity index (χ4n) is 1.47. The molecule has 0 aliphatic carbocycles. The summed E-state index contributed by atoms with van der Waals surface area (Å²) < 4.78 is 18.4. The van der Waals surface area contributed by atoms with Crippen LogP contribution in [0.2, 0.25) is 10.0 Å². The molecule has 0 aromatic heterocycles. The van der Waals surface area contributed by atoms with E-state index in [1.807, 2.05) is 6.07 Å². The smallest absolute Gasteiger partial charge is 0.178 e. The highest BCUT2D eigenvalue weighted by atomic mass is 35.5. The predicted octanol–water partition coefficient (Wildman–Crippen LogP) is 3.27. The molecule has 5 heteroatoms. The molecule has 2 nitrogen and oxygen atoms in total. The third kappa shape index (κ3) is 1.59. The number of nitriles is 1. The first kappa shape index (κ1) is 10.7. The van der Waals surface area contributed by atoms with Crippen LogP contribution in [-0.2, 0) is 10.3 Å². The van der Waals surface area contributed by atoms with Gasteiger partial charge in [0.25, 0.3) is 0 Å². The van der Waals surface area contributed by atoms with Crippen molar-refractivity contribution in [3.63, 3.8) is 0 Å². The Morgan fingerprint density at radius 2 is 2.13 bits per heavy atom. The maximum Gasteiger partial charge on any atom is 0.178 e. The number of hydrogen-bond acceptors (Lipinski definition) is 2. The molecule has 2 atom stereocenters. The minimum atomic E-state index is -0.808. The molecule has 1 fully saturated rings. The summed E-state index contributed by atoms with van der Waals surface area (Å²) >= 11 is 11.5. The Morgan fingerprint density at radius 1 is 1.47 bits per heavy atom. The summed E-state index contributed by atoms with van der Waals surface area (Å²) in [6.07, 6.45) is -0.574. The maximum absolute atomic E-state index is 13.2. The lowest BCUT2D eigenvalue weighted by atomic mass is 9.98. The van der Waals surface area contributed by atoms with Crippen LogP contribution in [0.1, 0.15) is 12.5 Å². The van der Waals surface area contributed by atoms with E-state index in [0.717, 1.165) is 0 Å². The van der Waals surface area contributed by atoms with Gasteiger partial charge < -0.3 is 4.74 Å². The highest BCUT2D eigenvalue weighted by Gasteiger charge is 2.55. The Kier molecular flexibility index (Phi) is 2.38. The van der Waals surface area contributed by atoms with E-state index >= 15 is 0 Å². The third-order valence-corrected chi connectivity index (χ3v) is 3.07. The van der Waals surface area contributed by atoms with Gasteiger partial charge in [-0.3, -0.25) is 0 Å². The van der Waals surface area contributed by atoms with Gasteiger partial charge in [0.2, 0.25) is 0 Å². The molecular formula is C10H6Cl2FNO. The molecule has 0 amide bonds. The molecule has 1 aliphatic heterocycles. The standard InChI is InChI=1S/C10H6Cl2FNO/c1-10(9(4-14)15-10)5-2-8(13)7(12)3-6(5)11/h2-3,9H,1H3. The largest absolute Gasteiger partial charge is 0.345 e. The maximum atomic E-state index is 13.2. The lowest BCUT2D eigenvalue weighted by Crippen LogP contribution is -2.08. The molecule has 0 N–H and O–H groups in total. The van der Waals surface area contributed by atoms with E-state index in [9.17, 15) is 4.39 Å². The van der Waals surface area contributed by atoms with Gasteiger partial charge in [-0.2, -0.15) is 5.26 Å². The number of rotatable bonds is 1. The Morgan fingerprint density at radius 3 is 2.67 bits per heavy atom. The van der Waals surface area contributed by atoms with E-state index in [1.54, 1.807) is 6.92 Å². The second kappa shape index (κ2) is 3.34. The molecular weight excluding hydrogens is 240 g/mol. The van der Waals surface area contributed by atoms with Crippen molar-refractivity contribution in [2.24, 2.45) is 0 Å². The summed E-state index contributed by atoms with van der Waals surface area (Å²) in [5.41, 5.74) is -0.352. The number of halogens is 3. The van der Waals surface area contributed by atoms with Crippen molar-refractivity contribution in [2.75, 3.05) is 0 Å². The number of epoxide rings is 1. The zero-order valence-corrected chi connectivity index (χ0v) is 9.23. The summed E-state index contributed by atoms with van der Waals surface area (Å²) in [6, 6.07) is 4.48. The molecule has 0 saturated carbocycles. The molecule has 0 spiro atoms. The van der Waals surface area contributed by atoms with Gasteiger partial charge in [0.1, 0.15) is 11.4 Å². The van der Waals surface area contributed by atoms with E-state index < -0.39 is 17.5 Å². The van der Waals surface area contributed by atoms with Gasteiger partial charge in [0.05, 0.1) is 11.1 Å². The molecule has 15 heavy (non-hydrogen) atoms. The number of ether oxygens (including phenoxy) is 1. The molecule has 1 aromatic carbocycles. The number of nitrogens with zero attached hydrogens (tertiary/aromatic N) is 1. The lowest BCUT2D eigenvalue weighted by molar-refractivity contribution is 0.321. The van der Waals surface area contributed by atoms with Crippen molar-refractivity contribution in [1.82, 2.24) is 0 Å². The van der Waals surface area contributed by atoms with E-state index in [0.29, 0.717) is 10.6 Å². The van der Waals surface area contributed by atoms with Crippen molar-refractivity contribution in [3.8, 4) is 6.07 Å². The molecule has 78 valence electrons. The fourth-order valence-corrected chi connectivity index (χ4v) is 2.04. The highest BCUT2D eigenvalue weighted by molar-refractivity contribution is 6.35. The Labute approximate surface area is 96.2 Å². The quantitative estimate of drug-likeness (QED) is 0.563. The van der Waals surface area contributed by atoms with Crippen molar-refractivity contribution in [3.05, 3.63) is 33.6 Å². The highest BCUT2D eigenvalue weighted by Crippen LogP contribution is 2.48. The van der Waals surface area contributed by atoms with Crippen LogP contribution >= 0.6 is 23.2 Å². The first-order valence-corrected chi connectivity index (χ1v) is 4.97. The van der Waals surface area contributed by atoms with Crippen LogP contribution in [-0.4, -0.2) is 6.10 Å². The van der Waals surface area contributed by atoms with Crippen molar-refractivity contribution in [2.45, 2.75) is 18.6 Å². The molecule has 2 unspecified atom stereocenters. The van der Waals surface area contributed by atoms with Crippen LogP contribution in [0.3, 0.4) is 0 Å². The topological polar surface area (TPSA) is 36.3 Å². The van der Waals surface area contributed by atoms with Gasteiger partial charge in [-0.1, -0.05) is 23.2 Å². The zero-order valence-electron chi connectivity index (χ0n) is 7.72. The third-order valence-electron chi connectivity index (χ3n) is 2.47. The molecule has 1 aliphatic rings. The minimum Gasteiger partial charge on any atom is -0.345 e. The van der Waals surface area contributed by atoms with Crippen molar-refractivity contribution in [1.29, 1.82) is 5.26 Å². The van der Waals surface area contributed by atoms with Gasteiger partial charge in [-0.15, -0.1) is 0 Å². The van der Waals surface area contributed by atoms with Crippen molar-refractivity contribution >= 4 is 23.2 Å². The first-order chi connectivity index (χ1) is 6.99. The summed E-state index contributed by atoms with van der Waals surface area (Å²) in [5, 5.41) is 8.95. The van der Waals surface area contributed by atoms with Gasteiger partial charge in [0, 0.05) is 10.6 Å². The van der Waals surface area contributed by atoms with Crippen LogP contribution in [0, 0.1) is 17.1 Å². The molecule has 2 rings (SSSR count). The lowest BCUT2D eigenvalue weighted by Gasteiger charge is -2.09. The van der Waals surface area contributed by atoms with E-state index in [2.05, 4.69) is 0 Å². The van der Waals surface area contributed by atoms with Crippen molar-refractivity contribution < 1.29 is 9.13 Å². The van der Waals surface area contributed by atoms with Gasteiger partial charge in [-0.25, -0.2) is 4.39 Å². The second-order valence-electron chi connectivity index (χ2n) is 3.48. The first-order valence-electron chi connectivity index (χ1n) is 4.21. The SMILES string of the molecule is CC1(c2cc(F)c(Cl)cc2Cl)OC1C#N. The van der Waals surface area contributed by atoms with Gasteiger partial charge in [-0.05, 0) is 19.1 Å². The van der Waals surface area contributed by atoms with E-state index in [4.69, 9.17) is 33.2 Å². The van der Waals surface area contributed by atoms with Crippen LogP contribution in [0.25, 0.3) is 0 Å². The minimum absolute atomic E-state index is 0.0403. The average Bonchev–Trinajstić information content (AvgIpc) is 2.84. The van der Waals surface area contributed by atoms with Gasteiger partial charge in [0.15, 0.2) is 6.10 Å². The number of benzene rings is 1. The summed E-state index contributed by atoms with van der Waals surface area (Å²) in [6.45, 7) is 1.69. The predicted molar refractivity (Wildman–Crippen MR) is 54.3 cm³/mol. The second-order valence-corrected chi connectivity index (χ2v) is 4.29. The number of hydrogen-bond donors (Lipinski definition) is 0. The fraction of sp³-hybridized carbons (Fsp3) is 0.300. The van der Waals surface area contributed by atoms with Gasteiger partial charge >= 0.3 is 0 Å². The molecule has 1 heterocycles. The van der Waals surface area contributed by atoms with Crippen LogP contribution in [0.4, 0.5) is 4.39 Å². The normalized spacial score (nSPS) is 28.6. The summed E-state index contributed by atoms with van der Waals surface area (Å²) in [5.74, 6) is -0.565. The zero-order chi connectivity index (χ0) is 11.2. The molecule has 1 saturated heterocycles. The van der Waals surface area contributed by atoms with Crippen LogP contribution < -0.4 is 0 Å². The monoisotopic (exact) mass is 245 g/mol. The Hall–Kier alpha value is -0.820.